The van der Waals surface area contributed by atoms with E-state index in [4.69, 9.17) is 19.2 Å². The molecular formula is C26H29N3O4. The highest BCUT2D eigenvalue weighted by atomic mass is 16.7. The zero-order valence-corrected chi connectivity index (χ0v) is 19.2. The van der Waals surface area contributed by atoms with Crippen LogP contribution in [0.2, 0.25) is 0 Å². The van der Waals surface area contributed by atoms with Gasteiger partial charge in [0, 0.05) is 30.8 Å². The fraction of sp³-hybridized carbons (Fsp3) is 0.385. The van der Waals surface area contributed by atoms with Crippen LogP contribution in [0.15, 0.2) is 48.5 Å². The molecule has 3 heterocycles. The molecule has 33 heavy (non-hydrogen) atoms. The van der Waals surface area contributed by atoms with Crippen molar-refractivity contribution in [2.75, 3.05) is 13.7 Å². The number of pyridine rings is 1. The first-order valence-electron chi connectivity index (χ1n) is 11.4. The fourth-order valence-electron chi connectivity index (χ4n) is 4.58. The van der Waals surface area contributed by atoms with Gasteiger partial charge >= 0.3 is 0 Å². The molecule has 0 radical (unpaired) electrons. The number of nitrogens with one attached hydrogen (secondary N) is 2. The summed E-state index contributed by atoms with van der Waals surface area (Å²) in [4.78, 5) is 18.2. The van der Waals surface area contributed by atoms with E-state index in [0.29, 0.717) is 28.9 Å². The predicted molar refractivity (Wildman–Crippen MR) is 126 cm³/mol. The predicted octanol–water partition coefficient (Wildman–Crippen LogP) is 4.36. The Balaban J connectivity index is 1.44. The van der Waals surface area contributed by atoms with Crippen molar-refractivity contribution in [1.29, 1.82) is 0 Å². The lowest BCUT2D eigenvalue weighted by Gasteiger charge is -2.22. The van der Waals surface area contributed by atoms with E-state index < -0.39 is 5.79 Å². The molecular weight excluding hydrogens is 418 g/mol. The summed E-state index contributed by atoms with van der Waals surface area (Å²) in [5.74, 6) is 0.476. The number of rotatable bonds is 6. The normalized spacial score (nSPS) is 19.4. The van der Waals surface area contributed by atoms with Crippen molar-refractivity contribution in [1.82, 2.24) is 15.6 Å². The third-order valence-corrected chi connectivity index (χ3v) is 6.17. The highest BCUT2D eigenvalue weighted by Crippen LogP contribution is 2.46. The van der Waals surface area contributed by atoms with Gasteiger partial charge in [0.15, 0.2) is 11.5 Å². The maximum absolute atomic E-state index is 13.4. The Hall–Kier alpha value is -3.32. The molecule has 3 aromatic rings. The first-order valence-corrected chi connectivity index (χ1v) is 11.4. The van der Waals surface area contributed by atoms with E-state index in [1.54, 1.807) is 19.2 Å². The van der Waals surface area contributed by atoms with Crippen molar-refractivity contribution >= 4 is 16.8 Å². The molecule has 172 valence electrons. The highest BCUT2D eigenvalue weighted by Gasteiger charge is 2.35. The molecule has 2 atom stereocenters. The first kappa shape index (κ1) is 21.5. The van der Waals surface area contributed by atoms with Gasteiger partial charge in [0.1, 0.15) is 0 Å². The minimum atomic E-state index is -0.809. The van der Waals surface area contributed by atoms with Crippen LogP contribution in [-0.2, 0) is 0 Å². The molecule has 1 fully saturated rings. The number of carbonyl (C=O) groups excluding carboxylic acids is 1. The number of benzene rings is 2. The Bertz CT molecular complexity index is 1190. The summed E-state index contributed by atoms with van der Waals surface area (Å²) in [6.45, 7) is 4.65. The van der Waals surface area contributed by atoms with Gasteiger partial charge in [0.25, 0.3) is 5.91 Å². The molecule has 2 aliphatic heterocycles. The van der Waals surface area contributed by atoms with Crippen molar-refractivity contribution in [3.8, 4) is 17.2 Å². The van der Waals surface area contributed by atoms with Crippen molar-refractivity contribution in [2.24, 2.45) is 0 Å². The lowest BCUT2D eigenvalue weighted by Crippen LogP contribution is -2.34. The number of carbonyl (C=O) groups is 1. The molecule has 2 aromatic carbocycles. The Labute approximate surface area is 193 Å². The van der Waals surface area contributed by atoms with Crippen molar-refractivity contribution in [2.45, 2.75) is 51.0 Å². The number of amides is 1. The van der Waals surface area contributed by atoms with Crippen LogP contribution in [0.1, 0.15) is 55.2 Å². The molecule has 0 bridgehead atoms. The minimum Gasteiger partial charge on any atom is -0.493 e. The van der Waals surface area contributed by atoms with Crippen LogP contribution in [0, 0.1) is 0 Å². The Morgan fingerprint density at radius 2 is 2.09 bits per heavy atom. The van der Waals surface area contributed by atoms with Crippen LogP contribution in [0.25, 0.3) is 10.9 Å². The van der Waals surface area contributed by atoms with E-state index in [9.17, 15) is 4.79 Å². The van der Waals surface area contributed by atoms with Gasteiger partial charge in [-0.1, -0.05) is 24.3 Å². The fourth-order valence-corrected chi connectivity index (χ4v) is 4.58. The molecule has 2 aliphatic rings. The largest absolute Gasteiger partial charge is 0.493 e. The molecule has 1 amide bonds. The molecule has 7 heteroatoms. The van der Waals surface area contributed by atoms with Crippen molar-refractivity contribution in [3.63, 3.8) is 0 Å². The summed E-state index contributed by atoms with van der Waals surface area (Å²) in [5, 5.41) is 7.82. The number of fused-ring (bicyclic) bond motifs is 2. The third-order valence-electron chi connectivity index (χ3n) is 6.17. The second-order valence-electron chi connectivity index (χ2n) is 9.09. The van der Waals surface area contributed by atoms with E-state index in [1.165, 1.54) is 0 Å². The number of nitrogens with zero attached hydrogens (tertiary/aromatic N) is 1. The van der Waals surface area contributed by atoms with Crippen LogP contribution in [0.3, 0.4) is 0 Å². The van der Waals surface area contributed by atoms with E-state index in [0.717, 1.165) is 42.4 Å². The van der Waals surface area contributed by atoms with E-state index >= 15 is 0 Å². The van der Waals surface area contributed by atoms with Crippen molar-refractivity contribution in [3.05, 3.63) is 59.8 Å². The monoisotopic (exact) mass is 447 g/mol. The summed E-state index contributed by atoms with van der Waals surface area (Å²) < 4.78 is 17.2. The number of para-hydroxylation sites is 1. The maximum atomic E-state index is 13.4. The lowest BCUT2D eigenvalue weighted by molar-refractivity contribution is -0.0439. The van der Waals surface area contributed by atoms with E-state index in [1.807, 2.05) is 44.2 Å². The summed E-state index contributed by atoms with van der Waals surface area (Å²) in [6.07, 6.45) is 3.00. The number of methoxy groups -OCH3 is 1. The molecule has 2 unspecified atom stereocenters. The van der Waals surface area contributed by atoms with E-state index in [2.05, 4.69) is 16.7 Å². The second kappa shape index (κ2) is 8.56. The van der Waals surface area contributed by atoms with Gasteiger partial charge in [-0.2, -0.15) is 0 Å². The Morgan fingerprint density at radius 3 is 2.88 bits per heavy atom. The highest BCUT2D eigenvalue weighted by molar-refractivity contribution is 5.96. The standard InChI is InChI=1S/C26H29N3O4/c1-26(2)32-23-14-17(13-22(31-3)24(23)33-26)25(30)29-21(15-18-8-6-12-27-18)20-11-10-16-7-4-5-9-19(16)28-20/h4-5,7,9-11,13-14,18,21,27H,6,8,12,15H2,1-3H3,(H,29,30). The van der Waals surface area contributed by atoms with Gasteiger partial charge in [0.05, 0.1) is 24.4 Å². The number of hydrogen-bond donors (Lipinski definition) is 2. The third kappa shape index (κ3) is 4.46. The molecule has 1 aromatic heterocycles. The summed E-state index contributed by atoms with van der Waals surface area (Å²) >= 11 is 0. The molecule has 0 spiro atoms. The van der Waals surface area contributed by atoms with Crippen molar-refractivity contribution < 1.29 is 19.0 Å². The average Bonchev–Trinajstić information content (AvgIpc) is 3.43. The van der Waals surface area contributed by atoms with Gasteiger partial charge in [0.2, 0.25) is 11.5 Å². The quantitative estimate of drug-likeness (QED) is 0.584. The van der Waals surface area contributed by atoms with Crippen LogP contribution < -0.4 is 24.8 Å². The molecule has 0 aliphatic carbocycles. The van der Waals surface area contributed by atoms with Gasteiger partial charge in [-0.3, -0.25) is 9.78 Å². The number of hydrogen-bond acceptors (Lipinski definition) is 6. The molecule has 1 saturated heterocycles. The van der Waals surface area contributed by atoms with Gasteiger partial charge in [-0.25, -0.2) is 0 Å². The Morgan fingerprint density at radius 1 is 1.24 bits per heavy atom. The number of aromatic nitrogens is 1. The maximum Gasteiger partial charge on any atom is 0.252 e. The molecule has 2 N–H and O–H groups in total. The molecule has 5 rings (SSSR count). The van der Waals surface area contributed by atoms with Crippen LogP contribution >= 0.6 is 0 Å². The molecule has 7 nitrogen and oxygen atoms in total. The summed E-state index contributed by atoms with van der Waals surface area (Å²) in [6, 6.07) is 15.6. The minimum absolute atomic E-state index is 0.206. The van der Waals surface area contributed by atoms with Crippen LogP contribution in [-0.4, -0.2) is 36.4 Å². The topological polar surface area (TPSA) is 81.7 Å². The van der Waals surface area contributed by atoms with Gasteiger partial charge in [-0.05, 0) is 50.1 Å². The number of ether oxygens (including phenoxy) is 3. The zero-order valence-electron chi connectivity index (χ0n) is 19.2. The van der Waals surface area contributed by atoms with Crippen LogP contribution in [0.5, 0.6) is 17.2 Å². The zero-order chi connectivity index (χ0) is 23.0. The molecule has 0 saturated carbocycles. The average molecular weight is 448 g/mol. The van der Waals surface area contributed by atoms with Gasteiger partial charge in [-0.15, -0.1) is 0 Å². The van der Waals surface area contributed by atoms with E-state index in [-0.39, 0.29) is 11.9 Å². The summed E-state index contributed by atoms with van der Waals surface area (Å²) in [7, 11) is 1.56. The first-order chi connectivity index (χ1) is 15.9. The Kier molecular flexibility index (Phi) is 5.58. The second-order valence-corrected chi connectivity index (χ2v) is 9.09. The summed E-state index contributed by atoms with van der Waals surface area (Å²) in [5.41, 5.74) is 2.22. The lowest BCUT2D eigenvalue weighted by atomic mass is 10.0. The SMILES string of the molecule is COc1cc(C(=O)NC(CC2CCCN2)c2ccc3ccccc3n2)cc2c1OC(C)(C)O2. The smallest absolute Gasteiger partial charge is 0.252 e. The van der Waals surface area contributed by atoms with Crippen LogP contribution in [0.4, 0.5) is 0 Å². The van der Waals surface area contributed by atoms with Gasteiger partial charge < -0.3 is 24.8 Å².